The number of hydrazone groups is 1. The molecule has 1 amide bonds. The maximum Gasteiger partial charge on any atom is 0.277 e. The molecule has 0 atom stereocenters. The van der Waals surface area contributed by atoms with Crippen molar-refractivity contribution in [1.29, 1.82) is 0 Å². The van der Waals surface area contributed by atoms with Gasteiger partial charge >= 0.3 is 0 Å². The molecule has 0 unspecified atom stereocenters. The molecule has 0 aliphatic heterocycles. The number of methoxy groups -OCH3 is 1. The monoisotopic (exact) mass is 569 g/mol. The Bertz CT molecular complexity index is 1300. The summed E-state index contributed by atoms with van der Waals surface area (Å²) in [6.07, 6.45) is 3.69. The van der Waals surface area contributed by atoms with Crippen molar-refractivity contribution in [2.45, 2.75) is 6.54 Å². The minimum Gasteiger partial charge on any atom is -0.493 e. The summed E-state index contributed by atoms with van der Waals surface area (Å²) in [5, 5.41) is 5.20. The van der Waals surface area contributed by atoms with Crippen LogP contribution in [-0.2, 0) is 11.3 Å². The van der Waals surface area contributed by atoms with Crippen LogP contribution in [-0.4, -0.2) is 30.4 Å². The summed E-state index contributed by atoms with van der Waals surface area (Å²) in [5.74, 6) is 0.582. The lowest BCUT2D eigenvalue weighted by molar-refractivity contribution is -0.123. The van der Waals surface area contributed by atoms with Gasteiger partial charge in [0.2, 0.25) is 0 Å². The molecule has 0 fully saturated rings. The predicted octanol–water partition coefficient (Wildman–Crippen LogP) is 5.75. The van der Waals surface area contributed by atoms with Crippen molar-refractivity contribution in [3.63, 3.8) is 0 Å². The van der Waals surface area contributed by atoms with Gasteiger partial charge in [0.25, 0.3) is 5.91 Å². The van der Waals surface area contributed by atoms with Crippen molar-refractivity contribution in [1.82, 2.24) is 9.99 Å². The number of ether oxygens (including phenoxy) is 2. The third-order valence-electron chi connectivity index (χ3n) is 4.95. The van der Waals surface area contributed by atoms with Crippen LogP contribution in [0.15, 0.2) is 87.0 Å². The van der Waals surface area contributed by atoms with Crippen LogP contribution < -0.4 is 14.9 Å². The van der Waals surface area contributed by atoms with Crippen LogP contribution in [0.4, 0.5) is 0 Å². The zero-order valence-electron chi connectivity index (χ0n) is 17.8. The summed E-state index contributed by atoms with van der Waals surface area (Å²) in [4.78, 5) is 12.3. The highest BCUT2D eigenvalue weighted by atomic mass is 79.9. The van der Waals surface area contributed by atoms with Crippen LogP contribution >= 0.6 is 31.9 Å². The molecule has 33 heavy (non-hydrogen) atoms. The zero-order chi connectivity index (χ0) is 23.2. The van der Waals surface area contributed by atoms with Gasteiger partial charge in [-0.25, -0.2) is 5.43 Å². The summed E-state index contributed by atoms with van der Waals surface area (Å²) >= 11 is 6.82. The van der Waals surface area contributed by atoms with Gasteiger partial charge in [-0.2, -0.15) is 5.10 Å². The second-order valence-corrected chi connectivity index (χ2v) is 8.99. The van der Waals surface area contributed by atoms with E-state index in [1.165, 1.54) is 5.56 Å². The van der Waals surface area contributed by atoms with Crippen LogP contribution in [0, 0.1) is 0 Å². The second-order valence-electron chi connectivity index (χ2n) is 7.22. The topological polar surface area (TPSA) is 64.8 Å². The van der Waals surface area contributed by atoms with E-state index in [-0.39, 0.29) is 12.5 Å². The van der Waals surface area contributed by atoms with E-state index in [4.69, 9.17) is 9.47 Å². The van der Waals surface area contributed by atoms with Crippen molar-refractivity contribution in [2.24, 2.45) is 5.10 Å². The molecule has 0 saturated carbocycles. The van der Waals surface area contributed by atoms with Crippen LogP contribution in [0.2, 0.25) is 0 Å². The molecule has 1 N–H and O–H groups in total. The van der Waals surface area contributed by atoms with E-state index in [0.717, 1.165) is 27.5 Å². The number of nitrogens with zero attached hydrogens (tertiary/aromatic N) is 2. The van der Waals surface area contributed by atoms with E-state index in [2.05, 4.69) is 65.2 Å². The minimum atomic E-state index is -0.379. The number of amides is 1. The Kier molecular flexibility index (Phi) is 7.47. The lowest BCUT2D eigenvalue weighted by atomic mass is 10.2. The highest BCUT2D eigenvalue weighted by Crippen LogP contribution is 2.38. The Morgan fingerprint density at radius 1 is 1.09 bits per heavy atom. The first-order valence-corrected chi connectivity index (χ1v) is 11.7. The molecule has 0 bridgehead atoms. The third kappa shape index (κ3) is 5.64. The fraction of sp³-hybridized carbons (Fsp3) is 0.120. The largest absolute Gasteiger partial charge is 0.493 e. The standard InChI is InChI=1S/C25H21Br2N3O3/c1-32-23-12-19(26)11-21(27)25(23)33-16-24(31)29-28-13-18-15-30(14-17-7-3-2-4-8-17)22-10-6-5-9-20(18)22/h2-13,15H,14,16H2,1H3,(H,29,31)/b28-13+. The normalized spacial score (nSPS) is 11.1. The lowest BCUT2D eigenvalue weighted by Gasteiger charge is -2.12. The first-order chi connectivity index (χ1) is 16.0. The van der Waals surface area contributed by atoms with Gasteiger partial charge in [-0.1, -0.05) is 64.5 Å². The number of halogens is 2. The molecule has 3 aromatic carbocycles. The molecule has 8 heteroatoms. The van der Waals surface area contributed by atoms with Gasteiger partial charge in [-0.3, -0.25) is 4.79 Å². The number of hydrogen-bond donors (Lipinski definition) is 1. The van der Waals surface area contributed by atoms with Gasteiger partial charge < -0.3 is 14.0 Å². The number of para-hydroxylation sites is 1. The Labute approximate surface area is 208 Å². The maximum atomic E-state index is 12.3. The molecule has 0 aliphatic rings. The summed E-state index contributed by atoms with van der Waals surface area (Å²) in [6.45, 7) is 0.545. The van der Waals surface area contributed by atoms with E-state index in [9.17, 15) is 4.79 Å². The molecule has 0 saturated heterocycles. The highest BCUT2D eigenvalue weighted by Gasteiger charge is 2.13. The predicted molar refractivity (Wildman–Crippen MR) is 137 cm³/mol. The average molecular weight is 571 g/mol. The number of carbonyl (C=O) groups is 1. The highest BCUT2D eigenvalue weighted by molar-refractivity contribution is 9.11. The van der Waals surface area contributed by atoms with Crippen LogP contribution in [0.25, 0.3) is 10.9 Å². The van der Waals surface area contributed by atoms with Gasteiger partial charge in [0.05, 0.1) is 17.8 Å². The first kappa shape index (κ1) is 23.1. The quantitative estimate of drug-likeness (QED) is 0.217. The molecule has 168 valence electrons. The van der Waals surface area contributed by atoms with Crippen molar-refractivity contribution in [3.05, 3.63) is 93.0 Å². The number of rotatable bonds is 8. The van der Waals surface area contributed by atoms with Crippen molar-refractivity contribution >= 4 is 54.9 Å². The fourth-order valence-corrected chi connectivity index (χ4v) is 4.76. The van der Waals surface area contributed by atoms with E-state index < -0.39 is 0 Å². The number of fused-ring (bicyclic) bond motifs is 1. The van der Waals surface area contributed by atoms with Crippen molar-refractivity contribution in [3.8, 4) is 11.5 Å². The number of nitrogens with one attached hydrogen (secondary N) is 1. The molecule has 4 aromatic rings. The van der Waals surface area contributed by atoms with E-state index in [1.54, 1.807) is 19.4 Å². The van der Waals surface area contributed by atoms with Gasteiger partial charge in [-0.15, -0.1) is 0 Å². The number of hydrogen-bond acceptors (Lipinski definition) is 4. The molecule has 1 heterocycles. The molecule has 6 nitrogen and oxygen atoms in total. The van der Waals surface area contributed by atoms with Crippen LogP contribution in [0.1, 0.15) is 11.1 Å². The summed E-state index contributed by atoms with van der Waals surface area (Å²) in [5.41, 5.74) is 5.75. The van der Waals surface area contributed by atoms with Gasteiger partial charge in [-0.05, 0) is 39.7 Å². The first-order valence-electron chi connectivity index (χ1n) is 10.1. The third-order valence-corrected chi connectivity index (χ3v) is 6.00. The SMILES string of the molecule is COc1cc(Br)cc(Br)c1OCC(=O)N/N=C/c1cn(Cc2ccccc2)c2ccccc12. The zero-order valence-corrected chi connectivity index (χ0v) is 21.0. The summed E-state index contributed by atoms with van der Waals surface area (Å²) in [6, 6.07) is 22.0. The Morgan fingerprint density at radius 2 is 1.85 bits per heavy atom. The second kappa shape index (κ2) is 10.7. The Morgan fingerprint density at radius 3 is 2.64 bits per heavy atom. The molecule has 1 aromatic heterocycles. The van der Waals surface area contributed by atoms with E-state index in [0.29, 0.717) is 16.0 Å². The lowest BCUT2D eigenvalue weighted by Crippen LogP contribution is -2.24. The van der Waals surface area contributed by atoms with E-state index in [1.807, 2.05) is 48.7 Å². The summed E-state index contributed by atoms with van der Waals surface area (Å²) in [7, 11) is 1.54. The smallest absolute Gasteiger partial charge is 0.277 e. The Balaban J connectivity index is 1.43. The van der Waals surface area contributed by atoms with Gasteiger partial charge in [0, 0.05) is 33.7 Å². The summed E-state index contributed by atoms with van der Waals surface area (Å²) < 4.78 is 14.6. The molecule has 4 rings (SSSR count). The van der Waals surface area contributed by atoms with E-state index >= 15 is 0 Å². The van der Waals surface area contributed by atoms with Crippen molar-refractivity contribution < 1.29 is 14.3 Å². The average Bonchev–Trinajstić information content (AvgIpc) is 3.16. The number of aromatic nitrogens is 1. The van der Waals surface area contributed by atoms with Crippen molar-refractivity contribution in [2.75, 3.05) is 13.7 Å². The maximum absolute atomic E-state index is 12.3. The van der Waals surface area contributed by atoms with Gasteiger partial charge in [0.15, 0.2) is 18.1 Å². The van der Waals surface area contributed by atoms with Gasteiger partial charge in [0.1, 0.15) is 0 Å². The Hall–Kier alpha value is -3.10. The fourth-order valence-electron chi connectivity index (χ4n) is 3.46. The van der Waals surface area contributed by atoms with Crippen LogP contribution in [0.5, 0.6) is 11.5 Å². The van der Waals surface area contributed by atoms with Crippen LogP contribution in [0.3, 0.4) is 0 Å². The molecular formula is C25H21Br2N3O3. The minimum absolute atomic E-state index is 0.205. The molecule has 0 aliphatic carbocycles. The number of benzene rings is 3. The molecule has 0 radical (unpaired) electrons. The number of carbonyl (C=O) groups excluding carboxylic acids is 1. The molecular weight excluding hydrogens is 550 g/mol. The molecule has 0 spiro atoms.